The summed E-state index contributed by atoms with van der Waals surface area (Å²) in [7, 11) is 1.62. The average molecular weight is 402 g/mol. The Morgan fingerprint density at radius 3 is 2.52 bits per heavy atom. The number of benzene rings is 3. The first kappa shape index (κ1) is 18.6. The lowest BCUT2D eigenvalue weighted by molar-refractivity contribution is 0.415. The summed E-state index contributed by atoms with van der Waals surface area (Å²) in [6, 6.07) is 24.9. The van der Waals surface area contributed by atoms with Gasteiger partial charge in [-0.2, -0.15) is 14.9 Å². The molecule has 1 heterocycles. The number of nitrogens with zero attached hydrogens (tertiary/aromatic N) is 3. The molecule has 4 aromatic rings. The molecule has 1 N–H and O–H groups in total. The van der Waals surface area contributed by atoms with Crippen LogP contribution < -0.4 is 9.47 Å². The van der Waals surface area contributed by atoms with Gasteiger partial charge in [-0.3, -0.25) is 0 Å². The molecule has 0 amide bonds. The number of para-hydroxylation sites is 1. The minimum absolute atomic E-state index is 0.399. The topological polar surface area (TPSA) is 64.4 Å². The molecular formula is C22H18N4O2S. The maximum atomic E-state index is 5.88. The molecule has 0 saturated carbocycles. The molecule has 0 radical (unpaired) electrons. The highest BCUT2D eigenvalue weighted by molar-refractivity contribution is 7.71. The number of nitrogens with one attached hydrogen (secondary N) is 1. The monoisotopic (exact) mass is 402 g/mol. The van der Waals surface area contributed by atoms with Crippen LogP contribution in [-0.4, -0.2) is 28.2 Å². The quantitative estimate of drug-likeness (QED) is 0.351. The lowest BCUT2D eigenvalue weighted by Gasteiger charge is -2.06. The summed E-state index contributed by atoms with van der Waals surface area (Å²) in [6.07, 6.45) is 1.72. The third-order valence-corrected chi connectivity index (χ3v) is 4.40. The fourth-order valence-corrected chi connectivity index (χ4v) is 2.93. The van der Waals surface area contributed by atoms with E-state index in [9.17, 15) is 0 Å². The molecule has 0 aliphatic carbocycles. The molecule has 3 aromatic carbocycles. The fraction of sp³-hybridized carbons (Fsp3) is 0.0455. The highest BCUT2D eigenvalue weighted by Gasteiger charge is 2.09. The predicted octanol–water partition coefficient (Wildman–Crippen LogP) is 5.29. The van der Waals surface area contributed by atoms with Crippen LogP contribution in [0.5, 0.6) is 17.2 Å². The van der Waals surface area contributed by atoms with E-state index in [2.05, 4.69) is 15.3 Å². The number of aromatic amines is 1. The van der Waals surface area contributed by atoms with E-state index in [0.29, 0.717) is 10.6 Å². The number of H-pyrrole nitrogens is 1. The summed E-state index contributed by atoms with van der Waals surface area (Å²) in [4.78, 5) is 0. The Balaban J connectivity index is 1.61. The van der Waals surface area contributed by atoms with Crippen LogP contribution in [0.15, 0.2) is 84.0 Å². The number of ether oxygens (including phenoxy) is 2. The van der Waals surface area contributed by atoms with Crippen LogP contribution in [-0.2, 0) is 0 Å². The molecule has 7 heteroatoms. The summed E-state index contributed by atoms with van der Waals surface area (Å²) in [5.41, 5.74) is 1.72. The Labute approximate surface area is 173 Å². The number of aromatic nitrogens is 3. The zero-order valence-corrected chi connectivity index (χ0v) is 16.5. The third kappa shape index (κ3) is 4.41. The molecule has 0 aliphatic heterocycles. The summed E-state index contributed by atoms with van der Waals surface area (Å²) in [5, 5.41) is 11.6. The van der Waals surface area contributed by atoms with Crippen LogP contribution in [0, 0.1) is 4.77 Å². The SMILES string of the molecule is COc1cccc(-c2n[nH]c(=S)n2/N=C/c2cccc(Oc3ccccc3)c2)c1. The van der Waals surface area contributed by atoms with Crippen molar-refractivity contribution in [2.75, 3.05) is 7.11 Å². The summed E-state index contributed by atoms with van der Waals surface area (Å²) in [5.74, 6) is 2.84. The molecule has 0 fully saturated rings. The van der Waals surface area contributed by atoms with E-state index >= 15 is 0 Å². The molecule has 0 unspecified atom stereocenters. The van der Waals surface area contributed by atoms with Gasteiger partial charge < -0.3 is 9.47 Å². The van der Waals surface area contributed by atoms with Crippen molar-refractivity contribution in [3.63, 3.8) is 0 Å². The average Bonchev–Trinajstić information content (AvgIpc) is 3.13. The van der Waals surface area contributed by atoms with Crippen molar-refractivity contribution in [1.29, 1.82) is 0 Å². The van der Waals surface area contributed by atoms with E-state index in [-0.39, 0.29) is 0 Å². The highest BCUT2D eigenvalue weighted by atomic mass is 32.1. The second kappa shape index (κ2) is 8.53. The van der Waals surface area contributed by atoms with Crippen LogP contribution in [0.3, 0.4) is 0 Å². The summed E-state index contributed by atoms with van der Waals surface area (Å²) in [6.45, 7) is 0. The first-order valence-electron chi connectivity index (χ1n) is 8.92. The van der Waals surface area contributed by atoms with Crippen molar-refractivity contribution in [1.82, 2.24) is 14.9 Å². The van der Waals surface area contributed by atoms with Crippen molar-refractivity contribution in [3.05, 3.63) is 89.2 Å². The van der Waals surface area contributed by atoms with Crippen LogP contribution in [0.1, 0.15) is 5.56 Å². The molecular weight excluding hydrogens is 384 g/mol. The molecule has 0 aliphatic rings. The summed E-state index contributed by atoms with van der Waals surface area (Å²) < 4.78 is 13.1. The van der Waals surface area contributed by atoms with E-state index in [0.717, 1.165) is 28.4 Å². The van der Waals surface area contributed by atoms with Crippen LogP contribution >= 0.6 is 12.2 Å². The second-order valence-electron chi connectivity index (χ2n) is 6.13. The Morgan fingerprint density at radius 2 is 1.69 bits per heavy atom. The van der Waals surface area contributed by atoms with Crippen molar-refractivity contribution < 1.29 is 9.47 Å². The minimum Gasteiger partial charge on any atom is -0.497 e. The first-order chi connectivity index (χ1) is 14.2. The Morgan fingerprint density at radius 1 is 0.931 bits per heavy atom. The van der Waals surface area contributed by atoms with Gasteiger partial charge in [0.1, 0.15) is 17.2 Å². The molecule has 4 rings (SSSR count). The van der Waals surface area contributed by atoms with Gasteiger partial charge in [0.25, 0.3) is 0 Å². The smallest absolute Gasteiger partial charge is 0.216 e. The Kier molecular flexibility index (Phi) is 5.49. The lowest BCUT2D eigenvalue weighted by atomic mass is 10.2. The molecule has 0 bridgehead atoms. The zero-order chi connectivity index (χ0) is 20.1. The van der Waals surface area contributed by atoms with Crippen molar-refractivity contribution in [3.8, 4) is 28.6 Å². The van der Waals surface area contributed by atoms with Gasteiger partial charge in [0.05, 0.1) is 13.3 Å². The Bertz CT molecular complexity index is 1200. The molecule has 29 heavy (non-hydrogen) atoms. The highest BCUT2D eigenvalue weighted by Crippen LogP contribution is 2.23. The fourth-order valence-electron chi connectivity index (χ4n) is 2.76. The molecule has 0 saturated heterocycles. The van der Waals surface area contributed by atoms with Gasteiger partial charge in [0, 0.05) is 5.56 Å². The van der Waals surface area contributed by atoms with Gasteiger partial charge in [-0.25, -0.2) is 5.10 Å². The first-order valence-corrected chi connectivity index (χ1v) is 9.33. The number of rotatable bonds is 6. The van der Waals surface area contributed by atoms with Crippen LogP contribution in [0.25, 0.3) is 11.4 Å². The van der Waals surface area contributed by atoms with E-state index in [4.69, 9.17) is 21.7 Å². The molecule has 0 atom stereocenters. The van der Waals surface area contributed by atoms with Crippen LogP contribution in [0.2, 0.25) is 0 Å². The maximum Gasteiger partial charge on any atom is 0.216 e. The zero-order valence-electron chi connectivity index (χ0n) is 15.6. The third-order valence-electron chi connectivity index (χ3n) is 4.14. The van der Waals surface area contributed by atoms with E-state index in [1.54, 1.807) is 18.0 Å². The van der Waals surface area contributed by atoms with E-state index < -0.39 is 0 Å². The number of methoxy groups -OCH3 is 1. The van der Waals surface area contributed by atoms with E-state index in [1.807, 2.05) is 78.9 Å². The number of hydrogen-bond donors (Lipinski definition) is 1. The molecule has 144 valence electrons. The molecule has 1 aromatic heterocycles. The lowest BCUT2D eigenvalue weighted by Crippen LogP contribution is -1.96. The second-order valence-corrected chi connectivity index (χ2v) is 6.51. The van der Waals surface area contributed by atoms with Crippen LogP contribution in [0.4, 0.5) is 0 Å². The van der Waals surface area contributed by atoms with Crippen molar-refractivity contribution in [2.45, 2.75) is 0 Å². The van der Waals surface area contributed by atoms with Gasteiger partial charge in [-0.05, 0) is 54.2 Å². The van der Waals surface area contributed by atoms with Gasteiger partial charge in [-0.15, -0.1) is 0 Å². The van der Waals surface area contributed by atoms with Crippen molar-refractivity contribution in [2.24, 2.45) is 5.10 Å². The van der Waals surface area contributed by atoms with Gasteiger partial charge >= 0.3 is 0 Å². The molecule has 0 spiro atoms. The Hall–Kier alpha value is -3.71. The summed E-state index contributed by atoms with van der Waals surface area (Å²) >= 11 is 5.34. The van der Waals surface area contributed by atoms with Gasteiger partial charge in [0.2, 0.25) is 4.77 Å². The molecule has 6 nitrogen and oxygen atoms in total. The van der Waals surface area contributed by atoms with Gasteiger partial charge in [0.15, 0.2) is 5.82 Å². The van der Waals surface area contributed by atoms with E-state index in [1.165, 1.54) is 0 Å². The van der Waals surface area contributed by atoms with Gasteiger partial charge in [-0.1, -0.05) is 42.5 Å². The standard InChI is InChI=1S/C22H18N4O2S/c1-27-19-11-6-8-17(14-19)21-24-25-22(29)26(21)23-15-16-7-5-12-20(13-16)28-18-9-3-2-4-10-18/h2-15H,1H3,(H,25,29)/b23-15+. The number of hydrogen-bond acceptors (Lipinski definition) is 5. The largest absolute Gasteiger partial charge is 0.497 e. The normalized spacial score (nSPS) is 10.9. The predicted molar refractivity (Wildman–Crippen MR) is 115 cm³/mol. The van der Waals surface area contributed by atoms with Crippen molar-refractivity contribution >= 4 is 18.4 Å². The minimum atomic E-state index is 0.399. The maximum absolute atomic E-state index is 5.88.